The number of anilines is 2. The molecule has 0 heterocycles. The summed E-state index contributed by atoms with van der Waals surface area (Å²) in [6, 6.07) is 11.4. The number of nitrogens with one attached hydrogen (secondary N) is 2. The van der Waals surface area contributed by atoms with Crippen molar-refractivity contribution >= 4 is 28.9 Å². The van der Waals surface area contributed by atoms with Crippen LogP contribution in [0.2, 0.25) is 5.02 Å². The Bertz CT molecular complexity index is 778. The lowest BCUT2D eigenvalue weighted by atomic mass is 10.1. The maximum atomic E-state index is 11.9. The molecule has 0 aliphatic rings. The van der Waals surface area contributed by atoms with Crippen molar-refractivity contribution in [3.63, 3.8) is 0 Å². The molecule has 0 fully saturated rings. The molecule has 0 saturated heterocycles. The Balaban J connectivity index is 2.05. The Labute approximate surface area is 166 Å². The lowest BCUT2D eigenvalue weighted by Crippen LogP contribution is -2.13. The molecule has 2 N–H and O–H groups in total. The minimum absolute atomic E-state index is 0.0187. The van der Waals surface area contributed by atoms with E-state index in [1.807, 2.05) is 57.2 Å². The average Bonchev–Trinajstić information content (AvgIpc) is 2.61. The molecule has 2 aromatic rings. The topological polar surface area (TPSA) is 59.6 Å². The van der Waals surface area contributed by atoms with Crippen LogP contribution >= 0.6 is 11.6 Å². The zero-order chi connectivity index (χ0) is 19.8. The van der Waals surface area contributed by atoms with Gasteiger partial charge in [0.2, 0.25) is 5.91 Å². The van der Waals surface area contributed by atoms with Gasteiger partial charge in [-0.3, -0.25) is 4.79 Å². The number of carbonyl (C=O) groups is 1. The van der Waals surface area contributed by atoms with Crippen molar-refractivity contribution in [3.05, 3.63) is 47.0 Å². The summed E-state index contributed by atoms with van der Waals surface area (Å²) in [5, 5.41) is 6.78. The Morgan fingerprint density at radius 2 is 1.93 bits per heavy atom. The lowest BCUT2D eigenvalue weighted by molar-refractivity contribution is -0.116. The first-order valence-corrected chi connectivity index (χ1v) is 9.43. The monoisotopic (exact) mass is 390 g/mol. The molecule has 6 heteroatoms. The Kier molecular flexibility index (Phi) is 7.80. The van der Waals surface area contributed by atoms with Crippen LogP contribution in [-0.2, 0) is 11.3 Å². The van der Waals surface area contributed by atoms with Gasteiger partial charge in [-0.15, -0.1) is 0 Å². The second kappa shape index (κ2) is 10.1. The molecule has 0 atom stereocenters. The number of hydrogen-bond donors (Lipinski definition) is 2. The molecule has 0 aromatic heterocycles. The van der Waals surface area contributed by atoms with Crippen molar-refractivity contribution in [2.45, 2.75) is 33.7 Å². The summed E-state index contributed by atoms with van der Waals surface area (Å²) in [6.07, 6.45) is 0.502. The molecule has 146 valence electrons. The quantitative estimate of drug-likeness (QED) is 0.606. The molecule has 5 nitrogen and oxygen atoms in total. The maximum Gasteiger partial charge on any atom is 0.224 e. The van der Waals surface area contributed by atoms with Gasteiger partial charge in [0.25, 0.3) is 0 Å². The smallest absolute Gasteiger partial charge is 0.224 e. The molecule has 2 rings (SSSR count). The fraction of sp³-hybridized carbons (Fsp3) is 0.381. The summed E-state index contributed by atoms with van der Waals surface area (Å²) in [4.78, 5) is 11.9. The van der Waals surface area contributed by atoms with Crippen molar-refractivity contribution in [2.24, 2.45) is 5.92 Å². The molecule has 0 unspecified atom stereocenters. The van der Waals surface area contributed by atoms with E-state index >= 15 is 0 Å². The van der Waals surface area contributed by atoms with E-state index in [1.54, 1.807) is 7.11 Å². The van der Waals surface area contributed by atoms with Gasteiger partial charge >= 0.3 is 0 Å². The zero-order valence-corrected chi connectivity index (χ0v) is 17.0. The Hall–Kier alpha value is -2.40. The second-order valence-corrected chi connectivity index (χ2v) is 7.03. The van der Waals surface area contributed by atoms with E-state index in [0.717, 1.165) is 16.9 Å². The molecule has 1 amide bonds. The SMILES string of the molecule is CCOc1c(Cl)cc(CNc2cccc(NC(=O)CC(C)C)c2)cc1OC. The molecule has 0 aliphatic carbocycles. The van der Waals surface area contributed by atoms with E-state index in [1.165, 1.54) is 0 Å². The third-order valence-corrected chi connectivity index (χ3v) is 4.10. The summed E-state index contributed by atoms with van der Waals surface area (Å²) in [6.45, 7) is 7.02. The zero-order valence-electron chi connectivity index (χ0n) is 16.3. The Morgan fingerprint density at radius 3 is 2.59 bits per heavy atom. The van der Waals surface area contributed by atoms with Crippen LogP contribution in [0.1, 0.15) is 32.8 Å². The van der Waals surface area contributed by atoms with E-state index in [4.69, 9.17) is 21.1 Å². The highest BCUT2D eigenvalue weighted by atomic mass is 35.5. The molecule has 0 radical (unpaired) electrons. The molecule has 0 bridgehead atoms. The predicted octanol–water partition coefficient (Wildman–Crippen LogP) is 5.34. The van der Waals surface area contributed by atoms with Crippen LogP contribution in [-0.4, -0.2) is 19.6 Å². The van der Waals surface area contributed by atoms with Crippen molar-refractivity contribution in [3.8, 4) is 11.5 Å². The van der Waals surface area contributed by atoms with Crippen LogP contribution in [0.5, 0.6) is 11.5 Å². The van der Waals surface area contributed by atoms with Crippen molar-refractivity contribution in [1.82, 2.24) is 0 Å². The summed E-state index contributed by atoms with van der Waals surface area (Å²) in [7, 11) is 1.59. The van der Waals surface area contributed by atoms with E-state index in [9.17, 15) is 4.79 Å². The summed E-state index contributed by atoms with van der Waals surface area (Å²) in [5.41, 5.74) is 2.64. The summed E-state index contributed by atoms with van der Waals surface area (Å²) >= 11 is 6.32. The Morgan fingerprint density at radius 1 is 1.19 bits per heavy atom. The molecule has 27 heavy (non-hydrogen) atoms. The first-order valence-electron chi connectivity index (χ1n) is 9.06. The van der Waals surface area contributed by atoms with Gasteiger partial charge < -0.3 is 20.1 Å². The fourth-order valence-electron chi connectivity index (χ4n) is 2.65. The van der Waals surface area contributed by atoms with Gasteiger partial charge in [0.05, 0.1) is 18.7 Å². The minimum atomic E-state index is 0.0187. The third-order valence-electron chi connectivity index (χ3n) is 3.81. The average molecular weight is 391 g/mol. The molecule has 0 spiro atoms. The standard InChI is InChI=1S/C21H27ClN2O3/c1-5-27-21-18(22)10-15(11-19(21)26-4)13-23-16-7-6-8-17(12-16)24-20(25)9-14(2)3/h6-8,10-12,14,23H,5,9,13H2,1-4H3,(H,24,25). The number of rotatable bonds is 9. The highest BCUT2D eigenvalue weighted by Gasteiger charge is 2.12. The number of methoxy groups -OCH3 is 1. The van der Waals surface area contributed by atoms with Crippen LogP contribution in [0.4, 0.5) is 11.4 Å². The van der Waals surface area contributed by atoms with Gasteiger partial charge in [-0.1, -0.05) is 31.5 Å². The molecule has 0 saturated carbocycles. The van der Waals surface area contributed by atoms with Gasteiger partial charge in [0.15, 0.2) is 11.5 Å². The van der Waals surface area contributed by atoms with Crippen LogP contribution in [0.25, 0.3) is 0 Å². The molecule has 0 aliphatic heterocycles. The van der Waals surface area contributed by atoms with Crippen LogP contribution in [0, 0.1) is 5.92 Å². The highest BCUT2D eigenvalue weighted by molar-refractivity contribution is 6.32. The number of amides is 1. The van der Waals surface area contributed by atoms with E-state index in [0.29, 0.717) is 42.0 Å². The van der Waals surface area contributed by atoms with E-state index in [-0.39, 0.29) is 5.91 Å². The van der Waals surface area contributed by atoms with Crippen molar-refractivity contribution in [2.75, 3.05) is 24.4 Å². The van der Waals surface area contributed by atoms with Gasteiger partial charge in [0.1, 0.15) is 0 Å². The lowest BCUT2D eigenvalue weighted by Gasteiger charge is -2.14. The van der Waals surface area contributed by atoms with Gasteiger partial charge in [-0.05, 0) is 48.7 Å². The normalized spacial score (nSPS) is 10.6. The highest BCUT2D eigenvalue weighted by Crippen LogP contribution is 2.36. The molecular weight excluding hydrogens is 364 g/mol. The number of halogens is 1. The van der Waals surface area contributed by atoms with E-state index in [2.05, 4.69) is 10.6 Å². The molecular formula is C21H27ClN2O3. The third kappa shape index (κ3) is 6.36. The maximum absolute atomic E-state index is 11.9. The molecule has 2 aromatic carbocycles. The minimum Gasteiger partial charge on any atom is -0.493 e. The number of carbonyl (C=O) groups excluding carboxylic acids is 1. The number of hydrogen-bond acceptors (Lipinski definition) is 4. The van der Waals surface area contributed by atoms with Crippen molar-refractivity contribution in [1.29, 1.82) is 0 Å². The van der Waals surface area contributed by atoms with Crippen LogP contribution in [0.15, 0.2) is 36.4 Å². The fourth-order valence-corrected chi connectivity index (χ4v) is 2.94. The van der Waals surface area contributed by atoms with Gasteiger partial charge in [-0.2, -0.15) is 0 Å². The van der Waals surface area contributed by atoms with Gasteiger partial charge in [0, 0.05) is 24.3 Å². The summed E-state index contributed by atoms with van der Waals surface area (Å²) < 4.78 is 10.9. The summed E-state index contributed by atoms with van der Waals surface area (Å²) in [5.74, 6) is 1.51. The number of ether oxygens (including phenoxy) is 2. The number of benzene rings is 2. The first kappa shape index (κ1) is 20.9. The van der Waals surface area contributed by atoms with Crippen LogP contribution < -0.4 is 20.1 Å². The largest absolute Gasteiger partial charge is 0.493 e. The van der Waals surface area contributed by atoms with Gasteiger partial charge in [-0.25, -0.2) is 0 Å². The second-order valence-electron chi connectivity index (χ2n) is 6.62. The first-order chi connectivity index (χ1) is 12.9. The van der Waals surface area contributed by atoms with Crippen molar-refractivity contribution < 1.29 is 14.3 Å². The van der Waals surface area contributed by atoms with Crippen LogP contribution in [0.3, 0.4) is 0 Å². The predicted molar refractivity (Wildman–Crippen MR) is 111 cm³/mol. The van der Waals surface area contributed by atoms with E-state index < -0.39 is 0 Å².